The van der Waals surface area contributed by atoms with Gasteiger partial charge in [-0.15, -0.1) is 0 Å². The zero-order chi connectivity index (χ0) is 25.4. The Balaban J connectivity index is 1.54. The molecule has 0 aliphatic rings. The summed E-state index contributed by atoms with van der Waals surface area (Å²) in [6.45, 7) is -0.301. The van der Waals surface area contributed by atoms with E-state index in [1.165, 1.54) is 31.5 Å². The van der Waals surface area contributed by atoms with E-state index in [0.29, 0.717) is 21.9 Å². The maximum Gasteiger partial charge on any atom is 0.343 e. The van der Waals surface area contributed by atoms with Crippen LogP contribution in [-0.4, -0.2) is 37.7 Å². The number of methoxy groups -OCH3 is 1. The van der Waals surface area contributed by atoms with Crippen molar-refractivity contribution in [2.24, 2.45) is 5.10 Å². The van der Waals surface area contributed by atoms with E-state index in [4.69, 9.17) is 32.7 Å². The number of rotatable bonds is 8. The van der Waals surface area contributed by atoms with Crippen LogP contribution in [0.1, 0.15) is 26.3 Å². The summed E-state index contributed by atoms with van der Waals surface area (Å²) in [5, 5.41) is 6.87. The molecule has 11 heteroatoms. The molecule has 0 aliphatic heterocycles. The van der Waals surface area contributed by atoms with Crippen molar-refractivity contribution in [3.05, 3.63) is 91.9 Å². The summed E-state index contributed by atoms with van der Waals surface area (Å²) < 4.78 is 11.5. The molecule has 3 aromatic rings. The van der Waals surface area contributed by atoms with Crippen LogP contribution in [-0.2, 0) is 4.79 Å². The number of nitrogens with zero attached hydrogens (tertiary/aromatic N) is 1. The Morgan fingerprint density at radius 3 is 2.49 bits per heavy atom. The largest absolute Gasteiger partial charge is 0.493 e. The van der Waals surface area contributed by atoms with Crippen LogP contribution < -0.4 is 20.2 Å². The van der Waals surface area contributed by atoms with Crippen molar-refractivity contribution in [1.82, 2.24) is 10.7 Å². The molecule has 0 radical (unpaired) electrons. The minimum Gasteiger partial charge on any atom is -0.493 e. The van der Waals surface area contributed by atoms with Gasteiger partial charge >= 0.3 is 5.97 Å². The molecule has 0 aromatic heterocycles. The molecule has 180 valence electrons. The molecule has 0 heterocycles. The summed E-state index contributed by atoms with van der Waals surface area (Å²) in [5.41, 5.74) is 3.52. The first kappa shape index (κ1) is 26.2. The zero-order valence-corrected chi connectivity index (χ0v) is 21.3. The fraction of sp³-hybridized carbons (Fsp3) is 0.0833. The molecule has 0 spiro atoms. The summed E-state index contributed by atoms with van der Waals surface area (Å²) in [7, 11) is 1.44. The Morgan fingerprint density at radius 1 is 0.971 bits per heavy atom. The SMILES string of the molecule is COc1cc(/C=N/NC(=O)CNC(=O)c2ccc(Cl)c(Cl)c2)ccc1OC(=O)c1cccc(Br)c1. The molecular formula is C24H18BrCl2N3O5. The van der Waals surface area contributed by atoms with E-state index >= 15 is 0 Å². The molecule has 0 aliphatic carbocycles. The number of hydrogen-bond acceptors (Lipinski definition) is 6. The van der Waals surface area contributed by atoms with E-state index < -0.39 is 17.8 Å². The molecule has 2 N–H and O–H groups in total. The number of carbonyl (C=O) groups excluding carboxylic acids is 3. The summed E-state index contributed by atoms with van der Waals surface area (Å²) in [6, 6.07) is 16.0. The number of nitrogens with one attached hydrogen (secondary N) is 2. The predicted octanol–water partition coefficient (Wildman–Crippen LogP) is 4.86. The molecule has 0 fully saturated rings. The van der Waals surface area contributed by atoms with E-state index in [-0.39, 0.29) is 22.9 Å². The van der Waals surface area contributed by atoms with Gasteiger partial charge in [-0.05, 0) is 60.2 Å². The Bertz CT molecular complexity index is 1300. The maximum atomic E-state index is 12.4. The zero-order valence-electron chi connectivity index (χ0n) is 18.2. The van der Waals surface area contributed by atoms with Crippen LogP contribution in [0.15, 0.2) is 70.2 Å². The highest BCUT2D eigenvalue weighted by atomic mass is 79.9. The Labute approximate surface area is 219 Å². The van der Waals surface area contributed by atoms with Crippen LogP contribution in [0.5, 0.6) is 11.5 Å². The number of amides is 2. The van der Waals surface area contributed by atoms with Gasteiger partial charge in [0.05, 0.1) is 35.5 Å². The fourth-order valence-corrected chi connectivity index (χ4v) is 3.44. The van der Waals surface area contributed by atoms with Gasteiger partial charge in [0.2, 0.25) is 0 Å². The van der Waals surface area contributed by atoms with Gasteiger partial charge in [-0.2, -0.15) is 5.10 Å². The number of hydrazone groups is 1. The third kappa shape index (κ3) is 7.54. The number of ether oxygens (including phenoxy) is 2. The monoisotopic (exact) mass is 577 g/mol. The van der Waals surface area contributed by atoms with E-state index in [1.807, 2.05) is 0 Å². The number of benzene rings is 3. The second-order valence-corrected chi connectivity index (χ2v) is 8.64. The van der Waals surface area contributed by atoms with Crippen molar-refractivity contribution in [2.75, 3.05) is 13.7 Å². The maximum absolute atomic E-state index is 12.4. The van der Waals surface area contributed by atoms with Crippen molar-refractivity contribution in [2.45, 2.75) is 0 Å². The smallest absolute Gasteiger partial charge is 0.343 e. The van der Waals surface area contributed by atoms with Gasteiger partial charge in [0.25, 0.3) is 11.8 Å². The minimum atomic E-state index is -0.541. The Hall–Kier alpha value is -3.40. The highest BCUT2D eigenvalue weighted by molar-refractivity contribution is 9.10. The highest BCUT2D eigenvalue weighted by Crippen LogP contribution is 2.28. The minimum absolute atomic E-state index is 0.226. The number of halogens is 3. The van der Waals surface area contributed by atoms with Gasteiger partial charge in [-0.25, -0.2) is 10.2 Å². The number of carbonyl (C=O) groups is 3. The van der Waals surface area contributed by atoms with Crippen molar-refractivity contribution in [3.8, 4) is 11.5 Å². The van der Waals surface area contributed by atoms with Crippen LogP contribution in [0, 0.1) is 0 Å². The first-order chi connectivity index (χ1) is 16.8. The lowest BCUT2D eigenvalue weighted by molar-refractivity contribution is -0.120. The van der Waals surface area contributed by atoms with Crippen molar-refractivity contribution in [1.29, 1.82) is 0 Å². The summed E-state index contributed by atoms with van der Waals surface area (Å²) in [5.74, 6) is -1.04. The first-order valence-corrected chi connectivity index (χ1v) is 11.5. The lowest BCUT2D eigenvalue weighted by Crippen LogP contribution is -2.34. The average Bonchev–Trinajstić information content (AvgIpc) is 2.85. The van der Waals surface area contributed by atoms with Gasteiger partial charge in [0, 0.05) is 10.0 Å². The van der Waals surface area contributed by atoms with Crippen molar-refractivity contribution in [3.63, 3.8) is 0 Å². The van der Waals surface area contributed by atoms with E-state index in [1.54, 1.807) is 42.5 Å². The molecular weight excluding hydrogens is 561 g/mol. The van der Waals surface area contributed by atoms with E-state index in [9.17, 15) is 14.4 Å². The molecule has 3 aromatic carbocycles. The second kappa shape index (κ2) is 12.3. The summed E-state index contributed by atoms with van der Waals surface area (Å²) in [4.78, 5) is 36.5. The molecule has 2 amide bonds. The summed E-state index contributed by atoms with van der Waals surface area (Å²) >= 11 is 15.0. The number of esters is 1. The fourth-order valence-electron chi connectivity index (χ4n) is 2.74. The van der Waals surface area contributed by atoms with Crippen LogP contribution in [0.25, 0.3) is 0 Å². The Kier molecular flexibility index (Phi) is 9.25. The third-order valence-electron chi connectivity index (χ3n) is 4.44. The standard InChI is InChI=1S/C24H18BrCl2N3O5/c1-34-21-9-14(5-8-20(21)35-24(33)16-3-2-4-17(25)10-16)12-29-30-22(31)13-28-23(32)15-6-7-18(26)19(27)11-15/h2-12H,13H2,1H3,(H,28,32)(H,30,31)/b29-12+. The van der Waals surface area contributed by atoms with Gasteiger partial charge in [-0.1, -0.05) is 45.2 Å². The molecule has 8 nitrogen and oxygen atoms in total. The van der Waals surface area contributed by atoms with E-state index in [0.717, 1.165) is 4.47 Å². The van der Waals surface area contributed by atoms with Gasteiger partial charge in [-0.3, -0.25) is 9.59 Å². The third-order valence-corrected chi connectivity index (χ3v) is 5.68. The van der Waals surface area contributed by atoms with Crippen LogP contribution in [0.4, 0.5) is 0 Å². The van der Waals surface area contributed by atoms with Gasteiger partial charge < -0.3 is 14.8 Å². The molecule has 0 bridgehead atoms. The van der Waals surface area contributed by atoms with Crippen molar-refractivity contribution >= 4 is 63.1 Å². The average molecular weight is 579 g/mol. The summed E-state index contributed by atoms with van der Waals surface area (Å²) in [6.07, 6.45) is 1.38. The quantitative estimate of drug-likeness (QED) is 0.172. The van der Waals surface area contributed by atoms with Gasteiger partial charge in [0.1, 0.15) is 0 Å². The predicted molar refractivity (Wildman–Crippen MR) is 137 cm³/mol. The van der Waals surface area contributed by atoms with Crippen LogP contribution in [0.2, 0.25) is 10.0 Å². The molecule has 0 saturated heterocycles. The molecule has 0 unspecified atom stereocenters. The lowest BCUT2D eigenvalue weighted by Gasteiger charge is -2.10. The highest BCUT2D eigenvalue weighted by Gasteiger charge is 2.13. The lowest BCUT2D eigenvalue weighted by atomic mass is 10.2. The van der Waals surface area contributed by atoms with Crippen LogP contribution >= 0.6 is 39.1 Å². The normalized spacial score (nSPS) is 10.6. The van der Waals surface area contributed by atoms with Crippen LogP contribution in [0.3, 0.4) is 0 Å². The molecule has 35 heavy (non-hydrogen) atoms. The topological polar surface area (TPSA) is 106 Å². The Morgan fingerprint density at radius 2 is 1.77 bits per heavy atom. The first-order valence-electron chi connectivity index (χ1n) is 9.97. The second-order valence-electron chi connectivity index (χ2n) is 6.91. The molecule has 0 atom stereocenters. The van der Waals surface area contributed by atoms with Gasteiger partial charge in [0.15, 0.2) is 11.5 Å². The van der Waals surface area contributed by atoms with E-state index in [2.05, 4.69) is 31.8 Å². The van der Waals surface area contributed by atoms with Crippen molar-refractivity contribution < 1.29 is 23.9 Å². The molecule has 3 rings (SSSR count). The number of hydrogen-bond donors (Lipinski definition) is 2. The molecule has 0 saturated carbocycles.